The second kappa shape index (κ2) is 8.95. The van der Waals surface area contributed by atoms with E-state index in [-0.39, 0.29) is 17.9 Å². The molecule has 0 N–H and O–H groups in total. The van der Waals surface area contributed by atoms with Crippen LogP contribution in [0.15, 0.2) is 23.3 Å². The van der Waals surface area contributed by atoms with Crippen LogP contribution in [-0.4, -0.2) is 23.4 Å². The van der Waals surface area contributed by atoms with E-state index >= 15 is 0 Å². The Morgan fingerprint density at radius 1 is 1.05 bits per heavy atom. The van der Waals surface area contributed by atoms with Crippen molar-refractivity contribution in [3.63, 3.8) is 0 Å². The number of nitrogens with zero attached hydrogens (tertiary/aromatic N) is 1. The summed E-state index contributed by atoms with van der Waals surface area (Å²) in [6, 6.07) is 0.261. The largest absolute Gasteiger partial charge is 0.336 e. The first-order valence-corrected chi connectivity index (χ1v) is 7.35. The van der Waals surface area contributed by atoms with Gasteiger partial charge in [0.2, 0.25) is 5.91 Å². The maximum absolute atomic E-state index is 12.1. The van der Waals surface area contributed by atoms with Gasteiger partial charge in [-0.25, -0.2) is 0 Å². The Labute approximate surface area is 119 Å². The van der Waals surface area contributed by atoms with Crippen molar-refractivity contribution in [2.45, 2.75) is 67.3 Å². The summed E-state index contributed by atoms with van der Waals surface area (Å²) in [6.07, 6.45) is 6.62. The van der Waals surface area contributed by atoms with Crippen molar-refractivity contribution >= 4 is 5.91 Å². The second-order valence-electron chi connectivity index (χ2n) is 6.11. The molecule has 0 aliphatic heterocycles. The van der Waals surface area contributed by atoms with Crippen LogP contribution in [0.3, 0.4) is 0 Å². The first-order valence-electron chi connectivity index (χ1n) is 7.35. The summed E-state index contributed by atoms with van der Waals surface area (Å²) in [5.41, 5.74) is 2.73. The molecule has 0 fully saturated rings. The van der Waals surface area contributed by atoms with Gasteiger partial charge in [0.1, 0.15) is 0 Å². The van der Waals surface area contributed by atoms with E-state index in [1.807, 2.05) is 18.7 Å². The summed E-state index contributed by atoms with van der Waals surface area (Å²) in [6.45, 7) is 15.2. The Hall–Kier alpha value is -1.05. The fraction of sp³-hybridized carbons (Fsp3) is 0.706. The Morgan fingerprint density at radius 3 is 2.05 bits per heavy atom. The lowest BCUT2D eigenvalue weighted by Gasteiger charge is -2.27. The van der Waals surface area contributed by atoms with Crippen molar-refractivity contribution in [1.82, 2.24) is 4.90 Å². The maximum atomic E-state index is 12.1. The van der Waals surface area contributed by atoms with Gasteiger partial charge >= 0.3 is 0 Å². The van der Waals surface area contributed by atoms with Gasteiger partial charge in [-0.05, 0) is 47.5 Å². The third kappa shape index (κ3) is 7.86. The van der Waals surface area contributed by atoms with Crippen molar-refractivity contribution in [2.75, 3.05) is 6.54 Å². The molecule has 0 heterocycles. The molecule has 2 heteroatoms. The zero-order valence-electron chi connectivity index (χ0n) is 13.8. The minimum absolute atomic E-state index is 0.0711. The molecule has 2 nitrogen and oxygen atoms in total. The van der Waals surface area contributed by atoms with Gasteiger partial charge in [-0.1, -0.05) is 37.1 Å². The fourth-order valence-electron chi connectivity index (χ4n) is 1.83. The molecule has 0 saturated heterocycles. The molecule has 19 heavy (non-hydrogen) atoms. The zero-order valence-corrected chi connectivity index (χ0v) is 13.8. The molecule has 0 aromatic carbocycles. The lowest BCUT2D eigenvalue weighted by atomic mass is 10.1. The minimum Gasteiger partial charge on any atom is -0.336 e. The summed E-state index contributed by atoms with van der Waals surface area (Å²) in [7, 11) is 0. The van der Waals surface area contributed by atoms with Crippen molar-refractivity contribution in [3.8, 4) is 0 Å². The molecule has 0 aliphatic rings. The average Bonchev–Trinajstić information content (AvgIpc) is 2.27. The highest BCUT2D eigenvalue weighted by atomic mass is 16.2. The molecule has 0 aliphatic carbocycles. The molecule has 0 saturated carbocycles. The van der Waals surface area contributed by atoms with E-state index in [2.05, 4.69) is 46.8 Å². The topological polar surface area (TPSA) is 20.3 Å². The van der Waals surface area contributed by atoms with E-state index in [1.165, 1.54) is 11.1 Å². The number of hydrogen-bond donors (Lipinski definition) is 0. The van der Waals surface area contributed by atoms with Crippen LogP contribution in [0.4, 0.5) is 0 Å². The van der Waals surface area contributed by atoms with Crippen LogP contribution in [-0.2, 0) is 4.79 Å². The van der Waals surface area contributed by atoms with Crippen molar-refractivity contribution in [1.29, 1.82) is 0 Å². The van der Waals surface area contributed by atoms with Gasteiger partial charge in [0.05, 0.1) is 0 Å². The monoisotopic (exact) mass is 265 g/mol. The van der Waals surface area contributed by atoms with Gasteiger partial charge in [0.15, 0.2) is 0 Å². The summed E-state index contributed by atoms with van der Waals surface area (Å²) < 4.78 is 0. The number of rotatable bonds is 7. The van der Waals surface area contributed by atoms with Gasteiger partial charge in [-0.3, -0.25) is 4.79 Å². The van der Waals surface area contributed by atoms with E-state index in [0.29, 0.717) is 0 Å². The fourth-order valence-corrected chi connectivity index (χ4v) is 1.83. The third-order valence-corrected chi connectivity index (χ3v) is 3.13. The normalized spacial score (nSPS) is 11.9. The number of amides is 1. The first-order chi connectivity index (χ1) is 8.75. The predicted octanol–water partition coefficient (Wildman–Crippen LogP) is 4.57. The standard InChI is InChI=1S/C17H31NO/c1-13(2)9-8-10-16(7)11-12-18(15(5)6)17(19)14(3)4/h9,11,14-15H,8,10,12H2,1-7H3/b16-11-. The molecule has 110 valence electrons. The SMILES string of the molecule is CC(C)=CCC/C(C)=C\CN(C(=O)C(C)C)C(C)C. The Bertz CT molecular complexity index is 333. The van der Waals surface area contributed by atoms with Gasteiger partial charge < -0.3 is 4.90 Å². The summed E-state index contributed by atoms with van der Waals surface area (Å²) in [5, 5.41) is 0. The van der Waals surface area contributed by atoms with Crippen LogP contribution in [0.5, 0.6) is 0 Å². The summed E-state index contributed by atoms with van der Waals surface area (Å²) in [5.74, 6) is 0.310. The van der Waals surface area contributed by atoms with E-state index in [0.717, 1.165) is 19.4 Å². The summed E-state index contributed by atoms with van der Waals surface area (Å²) >= 11 is 0. The molecule has 0 aromatic heterocycles. The molecule has 0 aromatic rings. The maximum Gasteiger partial charge on any atom is 0.225 e. The van der Waals surface area contributed by atoms with Gasteiger partial charge in [-0.2, -0.15) is 0 Å². The minimum atomic E-state index is 0.0711. The Morgan fingerprint density at radius 2 is 1.63 bits per heavy atom. The van der Waals surface area contributed by atoms with E-state index in [1.54, 1.807) is 0 Å². The second-order valence-corrected chi connectivity index (χ2v) is 6.11. The average molecular weight is 265 g/mol. The van der Waals surface area contributed by atoms with Crippen molar-refractivity contribution in [2.24, 2.45) is 5.92 Å². The molecule has 0 unspecified atom stereocenters. The molecule has 0 spiro atoms. The molecule has 0 rings (SSSR count). The molecule has 0 atom stereocenters. The van der Waals surface area contributed by atoms with E-state index in [4.69, 9.17) is 0 Å². The number of hydrogen-bond acceptors (Lipinski definition) is 1. The van der Waals surface area contributed by atoms with Crippen LogP contribution in [0.2, 0.25) is 0 Å². The van der Waals surface area contributed by atoms with E-state index < -0.39 is 0 Å². The third-order valence-electron chi connectivity index (χ3n) is 3.13. The smallest absolute Gasteiger partial charge is 0.225 e. The van der Waals surface area contributed by atoms with Crippen LogP contribution >= 0.6 is 0 Å². The lowest BCUT2D eigenvalue weighted by molar-refractivity contribution is -0.135. The predicted molar refractivity (Wildman–Crippen MR) is 84.1 cm³/mol. The van der Waals surface area contributed by atoms with Crippen LogP contribution in [0, 0.1) is 5.92 Å². The van der Waals surface area contributed by atoms with Crippen molar-refractivity contribution in [3.05, 3.63) is 23.3 Å². The highest BCUT2D eigenvalue weighted by molar-refractivity contribution is 5.78. The summed E-state index contributed by atoms with van der Waals surface area (Å²) in [4.78, 5) is 14.0. The molecular formula is C17H31NO. The van der Waals surface area contributed by atoms with E-state index in [9.17, 15) is 4.79 Å². The lowest BCUT2D eigenvalue weighted by Crippen LogP contribution is -2.39. The Balaban J connectivity index is 4.45. The van der Waals surface area contributed by atoms with Crippen molar-refractivity contribution < 1.29 is 4.79 Å². The first kappa shape index (κ1) is 17.9. The molecule has 0 radical (unpaired) electrons. The van der Waals surface area contributed by atoms with Crippen LogP contribution in [0.1, 0.15) is 61.3 Å². The number of carbonyl (C=O) groups excluding carboxylic acids is 1. The number of allylic oxidation sites excluding steroid dienone is 3. The van der Waals surface area contributed by atoms with Gasteiger partial charge in [0, 0.05) is 18.5 Å². The highest BCUT2D eigenvalue weighted by Gasteiger charge is 2.18. The zero-order chi connectivity index (χ0) is 15.0. The number of carbonyl (C=O) groups is 1. The molecule has 0 bridgehead atoms. The molecular weight excluding hydrogens is 234 g/mol. The highest BCUT2D eigenvalue weighted by Crippen LogP contribution is 2.10. The Kier molecular flexibility index (Phi) is 8.46. The van der Waals surface area contributed by atoms with Crippen LogP contribution < -0.4 is 0 Å². The quantitative estimate of drug-likeness (QED) is 0.617. The molecule has 1 amide bonds. The van der Waals surface area contributed by atoms with Gasteiger partial charge in [-0.15, -0.1) is 0 Å². The van der Waals surface area contributed by atoms with Crippen LogP contribution in [0.25, 0.3) is 0 Å². The van der Waals surface area contributed by atoms with Gasteiger partial charge in [0.25, 0.3) is 0 Å².